The number of nitrogens with zero attached hydrogens (tertiary/aromatic N) is 1. The van der Waals surface area contributed by atoms with Gasteiger partial charge in [-0.1, -0.05) is 55.8 Å². The SMILES string of the molecule is C1CCOC1.C[Si](C)(C)[N-][Si](C)(C)C.[Na+]. The molecule has 2 nitrogen and oxygen atoms in total. The van der Waals surface area contributed by atoms with E-state index in [-0.39, 0.29) is 29.6 Å². The largest absolute Gasteiger partial charge is 1.00 e. The van der Waals surface area contributed by atoms with Gasteiger partial charge in [-0.2, -0.15) is 0 Å². The molecule has 86 valence electrons. The van der Waals surface area contributed by atoms with Crippen LogP contribution in [0.25, 0.3) is 4.65 Å². The first kappa shape index (κ1) is 18.7. The Bertz CT molecular complexity index is 131. The van der Waals surface area contributed by atoms with Gasteiger partial charge in [0, 0.05) is 13.2 Å². The number of ether oxygens (including phenoxy) is 1. The van der Waals surface area contributed by atoms with Crippen molar-refractivity contribution in [3.05, 3.63) is 4.65 Å². The van der Waals surface area contributed by atoms with Crippen molar-refractivity contribution in [3.8, 4) is 0 Å². The first-order valence-electron chi connectivity index (χ1n) is 5.52. The standard InChI is InChI=1S/C6H18NSi2.C4H8O.Na/c1-8(2,3)7-9(4,5)6;1-2-4-5-3-1;/h1-6H3;1-4H2;/q-1;;+1. The fourth-order valence-electron chi connectivity index (χ4n) is 1.52. The van der Waals surface area contributed by atoms with E-state index in [1.165, 1.54) is 12.8 Å². The second kappa shape index (κ2) is 8.45. The third kappa shape index (κ3) is 17.9. The van der Waals surface area contributed by atoms with Gasteiger partial charge >= 0.3 is 29.6 Å². The maximum absolute atomic E-state index is 4.94. The van der Waals surface area contributed by atoms with Crippen molar-refractivity contribution in [2.24, 2.45) is 0 Å². The third-order valence-corrected chi connectivity index (χ3v) is 6.86. The summed E-state index contributed by atoms with van der Waals surface area (Å²) in [5.74, 6) is 0. The summed E-state index contributed by atoms with van der Waals surface area (Å²) in [6, 6.07) is 0. The van der Waals surface area contributed by atoms with Crippen LogP contribution in [-0.4, -0.2) is 29.7 Å². The maximum Gasteiger partial charge on any atom is 1.00 e. The Kier molecular flexibility index (Phi) is 10.5. The molecule has 15 heavy (non-hydrogen) atoms. The van der Waals surface area contributed by atoms with Crippen LogP contribution in [0.1, 0.15) is 12.8 Å². The summed E-state index contributed by atoms with van der Waals surface area (Å²) in [5.41, 5.74) is 0. The second-order valence-corrected chi connectivity index (χ2v) is 15.4. The molecule has 0 aromatic carbocycles. The predicted molar refractivity (Wildman–Crippen MR) is 70.1 cm³/mol. The Morgan fingerprint density at radius 2 is 1.13 bits per heavy atom. The molecule has 1 fully saturated rings. The summed E-state index contributed by atoms with van der Waals surface area (Å²) in [6.45, 7) is 15.8. The van der Waals surface area contributed by atoms with Crippen molar-refractivity contribution < 1.29 is 34.3 Å². The summed E-state index contributed by atoms with van der Waals surface area (Å²) in [4.78, 5) is 0. The van der Waals surface area contributed by atoms with Gasteiger partial charge in [-0.3, -0.25) is 0 Å². The predicted octanol–water partition coefficient (Wildman–Crippen LogP) is 0.831. The van der Waals surface area contributed by atoms with Crippen LogP contribution in [0.2, 0.25) is 39.3 Å². The fraction of sp³-hybridized carbons (Fsp3) is 1.00. The topological polar surface area (TPSA) is 23.3 Å². The van der Waals surface area contributed by atoms with Crippen LogP contribution in [-0.2, 0) is 4.74 Å². The molecule has 0 aromatic heterocycles. The molecule has 0 amide bonds. The zero-order chi connectivity index (χ0) is 11.2. The van der Waals surface area contributed by atoms with Crippen molar-refractivity contribution in [1.29, 1.82) is 0 Å². The normalized spacial score (nSPS) is 16.4. The molecule has 1 aliphatic rings. The number of hydrogen-bond donors (Lipinski definition) is 0. The van der Waals surface area contributed by atoms with Crippen molar-refractivity contribution in [1.82, 2.24) is 0 Å². The average Bonchev–Trinajstić information content (AvgIpc) is 2.29. The third-order valence-electron chi connectivity index (χ3n) is 1.50. The zero-order valence-corrected chi connectivity index (χ0v) is 15.7. The summed E-state index contributed by atoms with van der Waals surface area (Å²) in [5, 5.41) is 0. The van der Waals surface area contributed by atoms with Crippen LogP contribution in [0.4, 0.5) is 0 Å². The van der Waals surface area contributed by atoms with Crippen molar-refractivity contribution >= 4 is 16.5 Å². The monoisotopic (exact) mass is 255 g/mol. The van der Waals surface area contributed by atoms with Crippen LogP contribution in [0, 0.1) is 0 Å². The van der Waals surface area contributed by atoms with Gasteiger partial charge in [0.25, 0.3) is 0 Å². The molecular formula is C10H26NNaOSi2. The molecule has 0 aliphatic carbocycles. The number of rotatable bonds is 2. The van der Waals surface area contributed by atoms with Crippen molar-refractivity contribution in [2.45, 2.75) is 52.1 Å². The molecule has 0 aromatic rings. The molecule has 0 atom stereocenters. The van der Waals surface area contributed by atoms with Gasteiger partial charge in [-0.25, -0.2) is 0 Å². The van der Waals surface area contributed by atoms with E-state index in [4.69, 9.17) is 9.38 Å². The van der Waals surface area contributed by atoms with E-state index in [9.17, 15) is 0 Å². The van der Waals surface area contributed by atoms with E-state index in [2.05, 4.69) is 39.3 Å². The Hall–Kier alpha value is 1.35. The Morgan fingerprint density at radius 1 is 0.800 bits per heavy atom. The van der Waals surface area contributed by atoms with Gasteiger partial charge in [0.15, 0.2) is 0 Å². The summed E-state index contributed by atoms with van der Waals surface area (Å²) in [6.07, 6.45) is 2.56. The van der Waals surface area contributed by atoms with Crippen molar-refractivity contribution in [3.63, 3.8) is 0 Å². The minimum absolute atomic E-state index is 0. The minimum Gasteiger partial charge on any atom is -0.668 e. The van der Waals surface area contributed by atoms with E-state index >= 15 is 0 Å². The first-order valence-corrected chi connectivity index (χ1v) is 12.4. The molecule has 0 bridgehead atoms. The van der Waals surface area contributed by atoms with E-state index in [0.29, 0.717) is 0 Å². The maximum atomic E-state index is 4.94. The molecular weight excluding hydrogens is 229 g/mol. The van der Waals surface area contributed by atoms with Gasteiger partial charge < -0.3 is 9.38 Å². The smallest absolute Gasteiger partial charge is 0.668 e. The molecule has 5 heteroatoms. The van der Waals surface area contributed by atoms with Crippen LogP contribution < -0.4 is 29.6 Å². The van der Waals surface area contributed by atoms with Gasteiger partial charge in [0.1, 0.15) is 0 Å². The molecule has 1 saturated heterocycles. The van der Waals surface area contributed by atoms with E-state index in [1.807, 2.05) is 0 Å². The van der Waals surface area contributed by atoms with Gasteiger partial charge in [-0.05, 0) is 12.8 Å². The Morgan fingerprint density at radius 3 is 1.20 bits per heavy atom. The van der Waals surface area contributed by atoms with Gasteiger partial charge in [0.05, 0.1) is 0 Å². The van der Waals surface area contributed by atoms with Crippen LogP contribution in [0.3, 0.4) is 0 Å². The number of hydrogen-bond acceptors (Lipinski definition) is 1. The van der Waals surface area contributed by atoms with E-state index in [0.717, 1.165) is 13.2 Å². The molecule has 0 spiro atoms. The van der Waals surface area contributed by atoms with E-state index in [1.54, 1.807) is 0 Å². The minimum atomic E-state index is -1.11. The Balaban J connectivity index is 0. The Labute approximate surface area is 120 Å². The molecule has 1 aliphatic heterocycles. The van der Waals surface area contributed by atoms with Crippen LogP contribution in [0.15, 0.2) is 0 Å². The van der Waals surface area contributed by atoms with Crippen LogP contribution in [0.5, 0.6) is 0 Å². The molecule has 0 N–H and O–H groups in total. The first-order chi connectivity index (χ1) is 6.21. The molecule has 0 saturated carbocycles. The van der Waals surface area contributed by atoms with Crippen molar-refractivity contribution in [2.75, 3.05) is 13.2 Å². The molecule has 1 heterocycles. The summed E-state index contributed by atoms with van der Waals surface area (Å²) in [7, 11) is -2.21. The van der Waals surface area contributed by atoms with Crippen LogP contribution >= 0.6 is 0 Å². The fourth-order valence-corrected chi connectivity index (χ4v) is 9.57. The second-order valence-electron chi connectivity index (χ2n) is 5.77. The molecule has 0 unspecified atom stereocenters. The quantitative estimate of drug-likeness (QED) is 0.671. The zero-order valence-electron chi connectivity index (χ0n) is 11.7. The van der Waals surface area contributed by atoms with Gasteiger partial charge in [-0.15, -0.1) is 0 Å². The summed E-state index contributed by atoms with van der Waals surface area (Å²) < 4.78 is 9.76. The molecule has 0 radical (unpaired) electrons. The molecule has 1 rings (SSSR count). The van der Waals surface area contributed by atoms with E-state index < -0.39 is 16.5 Å². The average molecular weight is 255 g/mol. The summed E-state index contributed by atoms with van der Waals surface area (Å²) >= 11 is 0. The van der Waals surface area contributed by atoms with Gasteiger partial charge in [0.2, 0.25) is 0 Å².